The van der Waals surface area contributed by atoms with Crippen LogP contribution >= 0.6 is 11.3 Å². The molecule has 1 aromatic heterocycles. The molecule has 4 nitrogen and oxygen atoms in total. The first kappa shape index (κ1) is 13.6. The lowest BCUT2D eigenvalue weighted by molar-refractivity contribution is 0.0777. The van der Waals surface area contributed by atoms with Gasteiger partial charge < -0.3 is 10.6 Å². The second-order valence-corrected chi connectivity index (χ2v) is 7.65. The van der Waals surface area contributed by atoms with Crippen LogP contribution in [0.2, 0.25) is 0 Å². The van der Waals surface area contributed by atoms with E-state index in [1.807, 2.05) is 25.1 Å². The molecular formula is C14H16N2O2S2. The third-order valence-electron chi connectivity index (χ3n) is 3.61. The second kappa shape index (κ2) is 5.18. The molecule has 0 unspecified atom stereocenters. The number of fused-ring (bicyclic) bond motifs is 1. The van der Waals surface area contributed by atoms with Gasteiger partial charge in [-0.15, -0.1) is 11.3 Å². The van der Waals surface area contributed by atoms with Gasteiger partial charge in [-0.25, -0.2) is 0 Å². The average molecular weight is 308 g/mol. The molecule has 1 aliphatic heterocycles. The van der Waals surface area contributed by atoms with Crippen LogP contribution in [0, 0.1) is 6.92 Å². The summed E-state index contributed by atoms with van der Waals surface area (Å²) in [6.45, 7) is 3.13. The van der Waals surface area contributed by atoms with Crippen molar-refractivity contribution in [3.05, 3.63) is 28.6 Å². The SMILES string of the molecule is Cc1cccc2c(N)c(C(=O)N3CCS(=O)CC3)sc12. The molecule has 0 spiro atoms. The smallest absolute Gasteiger partial charge is 0.266 e. The lowest BCUT2D eigenvalue weighted by Gasteiger charge is -2.25. The zero-order valence-electron chi connectivity index (χ0n) is 11.2. The maximum Gasteiger partial charge on any atom is 0.266 e. The summed E-state index contributed by atoms with van der Waals surface area (Å²) in [5.41, 5.74) is 7.86. The first-order valence-electron chi connectivity index (χ1n) is 6.50. The highest BCUT2D eigenvalue weighted by Crippen LogP contribution is 2.36. The minimum Gasteiger partial charge on any atom is -0.397 e. The number of aryl methyl sites for hydroxylation is 1. The summed E-state index contributed by atoms with van der Waals surface area (Å²) in [4.78, 5) is 14.9. The molecule has 106 valence electrons. The summed E-state index contributed by atoms with van der Waals surface area (Å²) in [7, 11) is -0.779. The Bertz CT molecular complexity index is 699. The number of hydrogen-bond donors (Lipinski definition) is 1. The first-order chi connectivity index (χ1) is 9.58. The molecule has 0 saturated carbocycles. The molecule has 20 heavy (non-hydrogen) atoms. The number of amides is 1. The van der Waals surface area contributed by atoms with E-state index in [1.165, 1.54) is 11.3 Å². The number of anilines is 1. The fourth-order valence-electron chi connectivity index (χ4n) is 2.42. The van der Waals surface area contributed by atoms with E-state index >= 15 is 0 Å². The largest absolute Gasteiger partial charge is 0.397 e. The van der Waals surface area contributed by atoms with Gasteiger partial charge in [-0.1, -0.05) is 18.2 Å². The monoisotopic (exact) mass is 308 g/mol. The maximum atomic E-state index is 12.6. The molecule has 1 aliphatic rings. The van der Waals surface area contributed by atoms with Crippen LogP contribution in [0.4, 0.5) is 5.69 Å². The van der Waals surface area contributed by atoms with Crippen molar-refractivity contribution in [2.24, 2.45) is 0 Å². The first-order valence-corrected chi connectivity index (χ1v) is 8.80. The Balaban J connectivity index is 1.98. The van der Waals surface area contributed by atoms with Crippen LogP contribution in [0.3, 0.4) is 0 Å². The van der Waals surface area contributed by atoms with Gasteiger partial charge in [-0.05, 0) is 12.5 Å². The van der Waals surface area contributed by atoms with Crippen molar-refractivity contribution in [1.29, 1.82) is 0 Å². The Morgan fingerprint density at radius 2 is 2.05 bits per heavy atom. The van der Waals surface area contributed by atoms with Crippen molar-refractivity contribution >= 4 is 43.8 Å². The van der Waals surface area contributed by atoms with Gasteiger partial charge in [0.1, 0.15) is 4.88 Å². The van der Waals surface area contributed by atoms with E-state index in [9.17, 15) is 9.00 Å². The van der Waals surface area contributed by atoms with E-state index in [1.54, 1.807) is 4.90 Å². The topological polar surface area (TPSA) is 63.4 Å². The number of nitrogen functional groups attached to an aromatic ring is 1. The van der Waals surface area contributed by atoms with E-state index in [0.717, 1.165) is 15.6 Å². The number of thiophene rings is 1. The Morgan fingerprint density at radius 3 is 2.70 bits per heavy atom. The number of rotatable bonds is 1. The second-order valence-electron chi connectivity index (χ2n) is 4.94. The molecule has 1 fully saturated rings. The predicted octanol–water partition coefficient (Wildman–Crippen LogP) is 2.00. The van der Waals surface area contributed by atoms with E-state index in [0.29, 0.717) is 35.2 Å². The van der Waals surface area contributed by atoms with Crippen LogP contribution in [0.5, 0.6) is 0 Å². The van der Waals surface area contributed by atoms with Gasteiger partial charge in [0.15, 0.2) is 0 Å². The normalized spacial score (nSPS) is 16.8. The van der Waals surface area contributed by atoms with Gasteiger partial charge in [-0.2, -0.15) is 0 Å². The maximum absolute atomic E-state index is 12.6. The zero-order valence-corrected chi connectivity index (χ0v) is 12.9. The van der Waals surface area contributed by atoms with E-state index in [2.05, 4.69) is 0 Å². The highest BCUT2D eigenvalue weighted by molar-refractivity contribution is 7.85. The molecule has 0 atom stereocenters. The van der Waals surface area contributed by atoms with Crippen LogP contribution in [0.1, 0.15) is 15.2 Å². The molecule has 0 bridgehead atoms. The molecule has 2 aromatic rings. The summed E-state index contributed by atoms with van der Waals surface area (Å²) in [6.07, 6.45) is 0. The van der Waals surface area contributed by atoms with Crippen LogP contribution in [0.25, 0.3) is 10.1 Å². The summed E-state index contributed by atoms with van der Waals surface area (Å²) >= 11 is 1.46. The van der Waals surface area contributed by atoms with Crippen molar-refractivity contribution in [3.8, 4) is 0 Å². The summed E-state index contributed by atoms with van der Waals surface area (Å²) < 4.78 is 12.4. The van der Waals surface area contributed by atoms with E-state index < -0.39 is 10.8 Å². The van der Waals surface area contributed by atoms with Gasteiger partial charge in [0.25, 0.3) is 5.91 Å². The van der Waals surface area contributed by atoms with Crippen LogP contribution < -0.4 is 5.73 Å². The van der Waals surface area contributed by atoms with Gasteiger partial charge in [0, 0.05) is 45.5 Å². The van der Waals surface area contributed by atoms with Gasteiger partial charge in [0.2, 0.25) is 0 Å². The highest BCUT2D eigenvalue weighted by atomic mass is 32.2. The van der Waals surface area contributed by atoms with Crippen molar-refractivity contribution < 1.29 is 9.00 Å². The molecule has 2 heterocycles. The predicted molar refractivity (Wildman–Crippen MR) is 84.8 cm³/mol. The Kier molecular flexibility index (Phi) is 3.52. The molecule has 6 heteroatoms. The summed E-state index contributed by atoms with van der Waals surface area (Å²) in [5, 5.41) is 0.957. The number of benzene rings is 1. The lowest BCUT2D eigenvalue weighted by Crippen LogP contribution is -2.41. The number of carbonyl (C=O) groups excluding carboxylic acids is 1. The summed E-state index contributed by atoms with van der Waals surface area (Å²) in [5.74, 6) is 1.10. The molecule has 3 rings (SSSR count). The van der Waals surface area contributed by atoms with Crippen molar-refractivity contribution in [3.63, 3.8) is 0 Å². The van der Waals surface area contributed by atoms with Gasteiger partial charge >= 0.3 is 0 Å². The minimum absolute atomic E-state index is 0.0280. The highest BCUT2D eigenvalue weighted by Gasteiger charge is 2.25. The van der Waals surface area contributed by atoms with Crippen molar-refractivity contribution in [2.45, 2.75) is 6.92 Å². The molecule has 1 saturated heterocycles. The third kappa shape index (κ3) is 2.23. The third-order valence-corrected chi connectivity index (χ3v) is 6.23. The minimum atomic E-state index is -0.779. The molecule has 1 aromatic carbocycles. The van der Waals surface area contributed by atoms with Crippen LogP contribution in [-0.2, 0) is 10.8 Å². The fraction of sp³-hybridized carbons (Fsp3) is 0.357. The lowest BCUT2D eigenvalue weighted by atomic mass is 10.1. The van der Waals surface area contributed by atoms with Gasteiger partial charge in [-0.3, -0.25) is 9.00 Å². The molecule has 2 N–H and O–H groups in total. The average Bonchev–Trinajstić information content (AvgIpc) is 2.78. The zero-order chi connectivity index (χ0) is 14.3. The molecule has 1 amide bonds. The quantitative estimate of drug-likeness (QED) is 0.876. The molecular weight excluding hydrogens is 292 g/mol. The number of carbonyl (C=O) groups is 1. The summed E-state index contributed by atoms with van der Waals surface area (Å²) in [6, 6.07) is 5.94. The Morgan fingerprint density at radius 1 is 1.35 bits per heavy atom. The van der Waals surface area contributed by atoms with Crippen molar-refractivity contribution in [2.75, 3.05) is 30.3 Å². The standard InChI is InChI=1S/C14H16N2O2S2/c1-9-3-2-4-10-11(15)13(19-12(9)10)14(17)16-5-7-20(18)8-6-16/h2-4H,5-8,15H2,1H3. The van der Waals surface area contributed by atoms with E-state index in [4.69, 9.17) is 5.73 Å². The van der Waals surface area contributed by atoms with E-state index in [-0.39, 0.29) is 5.91 Å². The Hall–Kier alpha value is -1.40. The number of nitrogens with zero attached hydrogens (tertiary/aromatic N) is 1. The number of nitrogens with two attached hydrogens (primary N) is 1. The van der Waals surface area contributed by atoms with Gasteiger partial charge in [0.05, 0.1) is 5.69 Å². The van der Waals surface area contributed by atoms with Crippen LogP contribution in [-0.4, -0.2) is 39.6 Å². The fourth-order valence-corrected chi connectivity index (χ4v) is 4.63. The molecule has 0 radical (unpaired) electrons. The van der Waals surface area contributed by atoms with Crippen molar-refractivity contribution in [1.82, 2.24) is 4.90 Å². The van der Waals surface area contributed by atoms with Crippen LogP contribution in [0.15, 0.2) is 18.2 Å². The molecule has 0 aliphatic carbocycles. The Labute approximate surface area is 124 Å². The number of hydrogen-bond acceptors (Lipinski definition) is 4.